The number of fused-ring (bicyclic) bond motifs is 3. The monoisotopic (exact) mass is 393 g/mol. The van der Waals surface area contributed by atoms with Crippen LogP contribution in [-0.4, -0.2) is 4.98 Å². The highest BCUT2D eigenvalue weighted by molar-refractivity contribution is 9.10. The summed E-state index contributed by atoms with van der Waals surface area (Å²) in [5.41, 5.74) is 13.9. The second-order valence-corrected chi connectivity index (χ2v) is 7.30. The van der Waals surface area contributed by atoms with Crippen molar-refractivity contribution in [3.05, 3.63) is 75.8 Å². The van der Waals surface area contributed by atoms with Crippen molar-refractivity contribution in [3.63, 3.8) is 0 Å². The molecule has 0 saturated carbocycles. The zero-order valence-corrected chi connectivity index (χ0v) is 15.9. The fourth-order valence-electron chi connectivity index (χ4n) is 3.40. The topological polar surface area (TPSA) is 39.8 Å². The van der Waals surface area contributed by atoms with Crippen molar-refractivity contribution in [3.8, 4) is 0 Å². The molecule has 0 aliphatic heterocycles. The Morgan fingerprint density at radius 2 is 1.80 bits per heavy atom. The van der Waals surface area contributed by atoms with E-state index in [1.807, 2.05) is 30.3 Å². The summed E-state index contributed by atoms with van der Waals surface area (Å²) in [5.74, 6) is 0. The van der Waals surface area contributed by atoms with Gasteiger partial charge in [0.1, 0.15) is 0 Å². The molecule has 0 fully saturated rings. The summed E-state index contributed by atoms with van der Waals surface area (Å²) in [6.07, 6.45) is 0. The number of benzene rings is 3. The van der Waals surface area contributed by atoms with Crippen molar-refractivity contribution in [2.45, 2.75) is 20.4 Å². The molecular weight excluding hydrogens is 374 g/mol. The minimum absolute atomic E-state index is 0.762. The van der Waals surface area contributed by atoms with Gasteiger partial charge in [0.05, 0.1) is 0 Å². The molecule has 1 heterocycles. The van der Waals surface area contributed by atoms with Crippen LogP contribution in [-0.2, 0) is 6.54 Å². The highest BCUT2D eigenvalue weighted by Crippen LogP contribution is 2.33. The van der Waals surface area contributed by atoms with Crippen molar-refractivity contribution in [2.75, 3.05) is 5.43 Å². The van der Waals surface area contributed by atoms with Gasteiger partial charge in [0, 0.05) is 38.5 Å². The lowest BCUT2D eigenvalue weighted by molar-refractivity contribution is 0.797. The molecule has 3 N–H and O–H groups in total. The number of H-pyrrole nitrogens is 1. The largest absolute Gasteiger partial charge is 0.354 e. The molecule has 0 saturated heterocycles. The molecule has 0 unspecified atom stereocenters. The van der Waals surface area contributed by atoms with Crippen LogP contribution in [0.1, 0.15) is 16.7 Å². The van der Waals surface area contributed by atoms with Gasteiger partial charge in [0.25, 0.3) is 0 Å². The number of aromatic amines is 1. The first-order valence-electron chi connectivity index (χ1n) is 8.37. The summed E-state index contributed by atoms with van der Waals surface area (Å²) in [5, 5.41) is 2.58. The number of anilines is 1. The Kier molecular flexibility index (Phi) is 4.24. The number of hydrazine groups is 1. The summed E-state index contributed by atoms with van der Waals surface area (Å²) in [6.45, 7) is 5.13. The standard InChI is InChI=1S/C21H20BrN3/c1-13-10-15(12-23-25-17-6-4-3-5-7-17)14(2)20-18-11-16(22)8-9-19(18)24-21(13)20/h3-11,23-25H,12H2,1-2H3. The van der Waals surface area contributed by atoms with Crippen LogP contribution in [0.3, 0.4) is 0 Å². The van der Waals surface area contributed by atoms with E-state index >= 15 is 0 Å². The molecule has 4 heteroatoms. The minimum atomic E-state index is 0.762. The van der Waals surface area contributed by atoms with Gasteiger partial charge in [0.15, 0.2) is 0 Å². The Bertz CT molecular complexity index is 1050. The molecule has 3 aromatic carbocycles. The molecule has 126 valence electrons. The third kappa shape index (κ3) is 3.03. The summed E-state index contributed by atoms with van der Waals surface area (Å²) < 4.78 is 1.10. The normalized spacial score (nSPS) is 11.3. The molecule has 0 amide bonds. The lowest BCUT2D eigenvalue weighted by Gasteiger charge is -2.13. The smallest absolute Gasteiger partial charge is 0.0497 e. The van der Waals surface area contributed by atoms with Gasteiger partial charge in [0.2, 0.25) is 0 Å². The van der Waals surface area contributed by atoms with Crippen LogP contribution in [0.15, 0.2) is 59.1 Å². The van der Waals surface area contributed by atoms with E-state index in [-0.39, 0.29) is 0 Å². The Morgan fingerprint density at radius 1 is 1.00 bits per heavy atom. The Hall–Kier alpha value is -2.30. The summed E-state index contributed by atoms with van der Waals surface area (Å²) in [4.78, 5) is 3.57. The molecule has 0 bridgehead atoms. The van der Waals surface area contributed by atoms with E-state index in [4.69, 9.17) is 0 Å². The predicted octanol–water partition coefficient (Wildman–Crippen LogP) is 5.82. The summed E-state index contributed by atoms with van der Waals surface area (Å²) in [6, 6.07) is 18.8. The Labute approximate surface area is 155 Å². The molecule has 0 aliphatic rings. The van der Waals surface area contributed by atoms with Gasteiger partial charge in [-0.15, -0.1) is 0 Å². The fourth-order valence-corrected chi connectivity index (χ4v) is 3.76. The molecule has 3 nitrogen and oxygen atoms in total. The summed E-state index contributed by atoms with van der Waals surface area (Å²) >= 11 is 3.60. The van der Waals surface area contributed by atoms with E-state index in [0.717, 1.165) is 16.7 Å². The second-order valence-electron chi connectivity index (χ2n) is 6.39. The van der Waals surface area contributed by atoms with Gasteiger partial charge < -0.3 is 10.4 Å². The lowest BCUT2D eigenvalue weighted by atomic mass is 9.98. The summed E-state index contributed by atoms with van der Waals surface area (Å²) in [7, 11) is 0. The van der Waals surface area contributed by atoms with Crippen molar-refractivity contribution < 1.29 is 0 Å². The maximum absolute atomic E-state index is 3.60. The SMILES string of the molecule is Cc1cc(CNNc2ccccc2)c(C)c2c1[nH]c1ccc(Br)cc12. The predicted molar refractivity (Wildman–Crippen MR) is 110 cm³/mol. The highest BCUT2D eigenvalue weighted by atomic mass is 79.9. The minimum Gasteiger partial charge on any atom is -0.354 e. The van der Waals surface area contributed by atoms with Crippen LogP contribution < -0.4 is 10.9 Å². The molecule has 4 rings (SSSR count). The average molecular weight is 394 g/mol. The third-order valence-electron chi connectivity index (χ3n) is 4.69. The molecule has 4 aromatic rings. The number of hydrogen-bond donors (Lipinski definition) is 3. The Balaban J connectivity index is 1.71. The van der Waals surface area contributed by atoms with Gasteiger partial charge >= 0.3 is 0 Å². The molecule has 1 aromatic heterocycles. The lowest BCUT2D eigenvalue weighted by Crippen LogP contribution is -2.21. The first-order chi connectivity index (χ1) is 12.1. The zero-order chi connectivity index (χ0) is 17.4. The van der Waals surface area contributed by atoms with Gasteiger partial charge in [-0.05, 0) is 60.9 Å². The number of halogens is 1. The number of aryl methyl sites for hydroxylation is 2. The van der Waals surface area contributed by atoms with Crippen LogP contribution in [0.5, 0.6) is 0 Å². The van der Waals surface area contributed by atoms with E-state index in [2.05, 4.69) is 69.9 Å². The maximum atomic E-state index is 3.60. The number of aromatic nitrogens is 1. The van der Waals surface area contributed by atoms with Gasteiger partial charge in [-0.2, -0.15) is 0 Å². The van der Waals surface area contributed by atoms with Crippen molar-refractivity contribution in [1.82, 2.24) is 10.4 Å². The Morgan fingerprint density at radius 3 is 2.60 bits per heavy atom. The first kappa shape index (κ1) is 16.2. The zero-order valence-electron chi connectivity index (χ0n) is 14.3. The quantitative estimate of drug-likeness (QED) is 0.382. The van der Waals surface area contributed by atoms with E-state index < -0.39 is 0 Å². The number of hydrogen-bond acceptors (Lipinski definition) is 2. The van der Waals surface area contributed by atoms with Crippen LogP contribution in [0.25, 0.3) is 21.8 Å². The molecule has 25 heavy (non-hydrogen) atoms. The highest BCUT2D eigenvalue weighted by Gasteiger charge is 2.13. The van der Waals surface area contributed by atoms with Gasteiger partial charge in [-0.3, -0.25) is 0 Å². The molecule has 0 radical (unpaired) electrons. The van der Waals surface area contributed by atoms with Crippen LogP contribution in [0.2, 0.25) is 0 Å². The van der Waals surface area contributed by atoms with E-state index in [0.29, 0.717) is 0 Å². The third-order valence-corrected chi connectivity index (χ3v) is 5.18. The van der Waals surface area contributed by atoms with E-state index in [1.54, 1.807) is 0 Å². The van der Waals surface area contributed by atoms with Crippen LogP contribution in [0.4, 0.5) is 5.69 Å². The van der Waals surface area contributed by atoms with E-state index in [9.17, 15) is 0 Å². The molecule has 0 aliphatic carbocycles. The number of nitrogens with one attached hydrogen (secondary N) is 3. The molecular formula is C21H20BrN3. The van der Waals surface area contributed by atoms with Gasteiger partial charge in [-0.1, -0.05) is 40.2 Å². The molecule has 0 atom stereocenters. The van der Waals surface area contributed by atoms with Crippen molar-refractivity contribution in [2.24, 2.45) is 0 Å². The fraction of sp³-hybridized carbons (Fsp3) is 0.143. The average Bonchev–Trinajstić information content (AvgIpc) is 2.99. The number of rotatable bonds is 4. The van der Waals surface area contributed by atoms with Crippen LogP contribution in [0, 0.1) is 13.8 Å². The van der Waals surface area contributed by atoms with Gasteiger partial charge in [-0.25, -0.2) is 5.43 Å². The van der Waals surface area contributed by atoms with Crippen LogP contribution >= 0.6 is 15.9 Å². The van der Waals surface area contributed by atoms with E-state index in [1.165, 1.54) is 38.5 Å². The second kappa shape index (κ2) is 6.54. The molecule has 0 spiro atoms. The van der Waals surface area contributed by atoms with Crippen molar-refractivity contribution in [1.29, 1.82) is 0 Å². The maximum Gasteiger partial charge on any atom is 0.0497 e. The first-order valence-corrected chi connectivity index (χ1v) is 9.17. The van der Waals surface area contributed by atoms with Crippen molar-refractivity contribution >= 4 is 43.4 Å². The number of para-hydroxylation sites is 1.